The largest absolute Gasteiger partial charge is 0.329 e. The van der Waals surface area contributed by atoms with E-state index in [4.69, 9.17) is 28.2 Å². The van der Waals surface area contributed by atoms with Crippen molar-refractivity contribution in [1.82, 2.24) is 9.55 Å². The minimum absolute atomic E-state index is 0.457. The summed E-state index contributed by atoms with van der Waals surface area (Å²) in [7, 11) is 0. The van der Waals surface area contributed by atoms with Gasteiger partial charge in [0.15, 0.2) is 4.59 Å². The molecular weight excluding hydrogens is 409 g/mol. The maximum atomic E-state index is 6.00. The molecule has 0 saturated heterocycles. The number of rotatable bonds is 7. The summed E-state index contributed by atoms with van der Waals surface area (Å²) >= 11 is 15.5. The van der Waals surface area contributed by atoms with Crippen molar-refractivity contribution in [2.75, 3.05) is 0 Å². The standard InChI is InChI=1S/C17H23ClN3PS3/c1-13(2)24-22(23,25-14(3)4)20-17-7-5-6-10-21(17)12-15-8-9-16(18)19-11-15/h5-11,13-14H,12H2,1-4H3/b20-17+. The van der Waals surface area contributed by atoms with Crippen LogP contribution in [0.25, 0.3) is 0 Å². The molecule has 0 spiro atoms. The molecule has 136 valence electrons. The Morgan fingerprint density at radius 1 is 1.16 bits per heavy atom. The highest BCUT2D eigenvalue weighted by atomic mass is 35.5. The number of halogens is 1. The molecule has 0 aliphatic heterocycles. The molecule has 0 aromatic carbocycles. The summed E-state index contributed by atoms with van der Waals surface area (Å²) in [5, 5.41) is 1.42. The molecule has 0 atom stereocenters. The van der Waals surface area contributed by atoms with Crippen LogP contribution < -0.4 is 5.49 Å². The van der Waals surface area contributed by atoms with Crippen molar-refractivity contribution in [3.63, 3.8) is 0 Å². The third-order valence-electron chi connectivity index (χ3n) is 2.97. The van der Waals surface area contributed by atoms with Crippen LogP contribution in [-0.4, -0.2) is 20.1 Å². The van der Waals surface area contributed by atoms with Crippen LogP contribution in [0.15, 0.2) is 47.5 Å². The number of aromatic nitrogens is 2. The molecule has 0 bridgehead atoms. The predicted molar refractivity (Wildman–Crippen MR) is 118 cm³/mol. The van der Waals surface area contributed by atoms with Gasteiger partial charge in [0.25, 0.3) is 0 Å². The molecule has 2 aromatic heterocycles. The molecule has 25 heavy (non-hydrogen) atoms. The summed E-state index contributed by atoms with van der Waals surface area (Å²) in [5.74, 6) is 0. The summed E-state index contributed by atoms with van der Waals surface area (Å²) in [6.07, 6.45) is 3.83. The minimum Gasteiger partial charge on any atom is -0.329 e. The first-order chi connectivity index (χ1) is 11.8. The van der Waals surface area contributed by atoms with Crippen LogP contribution in [0.4, 0.5) is 0 Å². The molecule has 2 aromatic rings. The highest BCUT2D eigenvalue weighted by Gasteiger charge is 2.21. The lowest BCUT2D eigenvalue weighted by Crippen LogP contribution is -2.20. The van der Waals surface area contributed by atoms with E-state index >= 15 is 0 Å². The van der Waals surface area contributed by atoms with Crippen molar-refractivity contribution in [3.05, 3.63) is 58.9 Å². The highest BCUT2D eigenvalue weighted by Crippen LogP contribution is 2.72. The Balaban J connectivity index is 2.41. The molecule has 2 rings (SSSR count). The average Bonchev–Trinajstić information content (AvgIpc) is 2.49. The lowest BCUT2D eigenvalue weighted by Gasteiger charge is -2.20. The van der Waals surface area contributed by atoms with Crippen molar-refractivity contribution in [3.8, 4) is 0 Å². The zero-order valence-electron chi connectivity index (χ0n) is 14.8. The van der Waals surface area contributed by atoms with E-state index in [0.717, 1.165) is 11.1 Å². The van der Waals surface area contributed by atoms with Gasteiger partial charge in [-0.1, -0.05) is 74.2 Å². The van der Waals surface area contributed by atoms with Gasteiger partial charge in [0.1, 0.15) is 10.6 Å². The Bertz CT molecular complexity index is 789. The van der Waals surface area contributed by atoms with Gasteiger partial charge in [-0.3, -0.25) is 0 Å². The molecule has 0 radical (unpaired) electrons. The molecule has 0 N–H and O–H groups in total. The second kappa shape index (κ2) is 9.61. The van der Waals surface area contributed by atoms with Crippen LogP contribution in [0.5, 0.6) is 0 Å². The van der Waals surface area contributed by atoms with Gasteiger partial charge in [-0.05, 0) is 35.6 Å². The second-order valence-corrected chi connectivity index (χ2v) is 18.0. The first kappa shape index (κ1) is 21.0. The predicted octanol–water partition coefficient (Wildman–Crippen LogP) is 5.99. The Kier molecular flexibility index (Phi) is 8.09. The molecule has 3 nitrogen and oxygen atoms in total. The van der Waals surface area contributed by atoms with Gasteiger partial charge in [-0.2, -0.15) is 0 Å². The number of hydrogen-bond donors (Lipinski definition) is 0. The van der Waals surface area contributed by atoms with Gasteiger partial charge >= 0.3 is 0 Å². The first-order valence-electron chi connectivity index (χ1n) is 8.06. The van der Waals surface area contributed by atoms with Crippen LogP contribution in [-0.2, 0) is 18.4 Å². The summed E-state index contributed by atoms with van der Waals surface area (Å²) in [5.41, 5.74) is 2.00. The van der Waals surface area contributed by atoms with E-state index in [1.165, 1.54) is 0 Å². The summed E-state index contributed by atoms with van der Waals surface area (Å²) < 4.78 is 5.21. The summed E-state index contributed by atoms with van der Waals surface area (Å²) in [6, 6.07) is 9.85. The van der Waals surface area contributed by atoms with Crippen molar-refractivity contribution >= 4 is 50.8 Å². The van der Waals surface area contributed by atoms with E-state index in [1.807, 2.05) is 59.3 Å². The van der Waals surface area contributed by atoms with E-state index in [2.05, 4.69) is 37.2 Å². The number of pyridine rings is 2. The molecule has 0 fully saturated rings. The van der Waals surface area contributed by atoms with E-state index in [-0.39, 0.29) is 0 Å². The fourth-order valence-electron chi connectivity index (χ4n) is 2.12. The van der Waals surface area contributed by atoms with Crippen LogP contribution >= 0.6 is 39.0 Å². The molecule has 0 aliphatic rings. The summed E-state index contributed by atoms with van der Waals surface area (Å²) in [4.78, 5) is 4.16. The average molecular weight is 432 g/mol. The maximum absolute atomic E-state index is 6.00. The fraction of sp³-hybridized carbons (Fsp3) is 0.412. The summed E-state index contributed by atoms with van der Waals surface area (Å²) in [6.45, 7) is 9.42. The van der Waals surface area contributed by atoms with Crippen molar-refractivity contribution < 1.29 is 0 Å². The van der Waals surface area contributed by atoms with Crippen LogP contribution in [0.1, 0.15) is 33.3 Å². The van der Waals surface area contributed by atoms with Gasteiger partial charge in [-0.15, -0.1) is 0 Å². The zero-order chi connectivity index (χ0) is 18.4. The van der Waals surface area contributed by atoms with E-state index < -0.39 is 4.59 Å². The van der Waals surface area contributed by atoms with Gasteiger partial charge in [-0.25, -0.2) is 9.75 Å². The van der Waals surface area contributed by atoms with Gasteiger partial charge < -0.3 is 4.57 Å². The molecule has 0 aliphatic carbocycles. The minimum atomic E-state index is -1.96. The SMILES string of the molecule is CC(C)SP(=S)(/N=c1\ccccn1Cc1ccc(Cl)nc1)SC(C)C. The molecule has 0 unspecified atom stereocenters. The highest BCUT2D eigenvalue weighted by molar-refractivity contribution is 9.00. The molecule has 2 heterocycles. The van der Waals surface area contributed by atoms with Crippen LogP contribution in [0, 0.1) is 0 Å². The van der Waals surface area contributed by atoms with Crippen molar-refractivity contribution in [2.24, 2.45) is 4.76 Å². The molecular formula is C17H23ClN3PS3. The van der Waals surface area contributed by atoms with Crippen LogP contribution in [0.2, 0.25) is 5.15 Å². The van der Waals surface area contributed by atoms with E-state index in [9.17, 15) is 0 Å². The monoisotopic (exact) mass is 431 g/mol. The Hall–Kier alpha value is -0.260. The van der Waals surface area contributed by atoms with Crippen LogP contribution in [0.3, 0.4) is 0 Å². The fourth-order valence-corrected chi connectivity index (χ4v) is 14.9. The quantitative estimate of drug-likeness (QED) is 0.397. The third kappa shape index (κ3) is 7.10. The topological polar surface area (TPSA) is 30.2 Å². The van der Waals surface area contributed by atoms with E-state index in [0.29, 0.717) is 22.2 Å². The smallest absolute Gasteiger partial charge is 0.164 e. The first-order valence-corrected chi connectivity index (χ1v) is 14.2. The maximum Gasteiger partial charge on any atom is 0.164 e. The third-order valence-corrected chi connectivity index (χ3v) is 13.0. The second-order valence-electron chi connectivity index (χ2n) is 6.05. The van der Waals surface area contributed by atoms with Crippen molar-refractivity contribution in [2.45, 2.75) is 44.7 Å². The van der Waals surface area contributed by atoms with E-state index in [1.54, 1.807) is 6.20 Å². The molecule has 8 heteroatoms. The van der Waals surface area contributed by atoms with Crippen molar-refractivity contribution in [1.29, 1.82) is 0 Å². The number of hydrogen-bond acceptors (Lipinski definition) is 4. The Morgan fingerprint density at radius 3 is 2.40 bits per heavy atom. The van der Waals surface area contributed by atoms with Gasteiger partial charge in [0, 0.05) is 22.9 Å². The molecule has 0 saturated carbocycles. The van der Waals surface area contributed by atoms with Gasteiger partial charge in [0.2, 0.25) is 0 Å². The lowest BCUT2D eigenvalue weighted by molar-refractivity contribution is 0.745. The normalized spacial score (nSPS) is 13.0. The Labute approximate surface area is 168 Å². The lowest BCUT2D eigenvalue weighted by atomic mass is 10.3. The zero-order valence-corrected chi connectivity index (χ0v) is 18.9. The Morgan fingerprint density at radius 2 is 1.84 bits per heavy atom. The molecule has 0 amide bonds. The number of nitrogens with zero attached hydrogens (tertiary/aromatic N) is 3. The van der Waals surface area contributed by atoms with Gasteiger partial charge in [0.05, 0.1) is 6.54 Å².